The van der Waals surface area contributed by atoms with E-state index in [0.29, 0.717) is 18.0 Å². The molecule has 0 saturated carbocycles. The molecular weight excluding hydrogens is 438 g/mol. The Morgan fingerprint density at radius 3 is 2.38 bits per heavy atom. The fourth-order valence-electron chi connectivity index (χ4n) is 3.87. The van der Waals surface area contributed by atoms with E-state index < -0.39 is 0 Å². The molecule has 5 aromatic rings. The number of benzene rings is 2. The SMILES string of the molecule is Cc1nn(CC(=O)Nc2ccn(Cc3ccc(F)cc3)n2)c2nccc(-c3ccc(F)cc3)c12. The number of amides is 1. The van der Waals surface area contributed by atoms with Crippen LogP contribution in [0, 0.1) is 18.6 Å². The van der Waals surface area contributed by atoms with Crippen molar-refractivity contribution in [3.8, 4) is 11.1 Å². The second kappa shape index (κ2) is 8.86. The summed E-state index contributed by atoms with van der Waals surface area (Å²) >= 11 is 0. The lowest BCUT2D eigenvalue weighted by Crippen LogP contribution is -2.20. The number of carbonyl (C=O) groups excluding carboxylic acids is 1. The monoisotopic (exact) mass is 458 g/mol. The van der Waals surface area contributed by atoms with Crippen molar-refractivity contribution in [3.05, 3.63) is 95.9 Å². The lowest BCUT2D eigenvalue weighted by molar-refractivity contribution is -0.116. The number of pyridine rings is 1. The molecule has 0 spiro atoms. The number of carbonyl (C=O) groups is 1. The van der Waals surface area contributed by atoms with Gasteiger partial charge in [-0.3, -0.25) is 9.48 Å². The lowest BCUT2D eigenvalue weighted by atomic mass is 10.0. The predicted octanol–water partition coefficient (Wildman–Crippen LogP) is 4.57. The zero-order valence-electron chi connectivity index (χ0n) is 18.2. The van der Waals surface area contributed by atoms with Gasteiger partial charge in [0.05, 0.1) is 12.2 Å². The van der Waals surface area contributed by atoms with E-state index >= 15 is 0 Å². The summed E-state index contributed by atoms with van der Waals surface area (Å²) in [6, 6.07) is 15.9. The van der Waals surface area contributed by atoms with Gasteiger partial charge in [0.25, 0.3) is 0 Å². The van der Waals surface area contributed by atoms with Gasteiger partial charge in [0.2, 0.25) is 5.91 Å². The van der Waals surface area contributed by atoms with Gasteiger partial charge in [0, 0.05) is 23.8 Å². The maximum atomic E-state index is 13.4. The zero-order valence-corrected chi connectivity index (χ0v) is 18.2. The summed E-state index contributed by atoms with van der Waals surface area (Å²) in [5.41, 5.74) is 3.89. The molecule has 3 aromatic heterocycles. The average molecular weight is 458 g/mol. The predicted molar refractivity (Wildman–Crippen MR) is 124 cm³/mol. The van der Waals surface area contributed by atoms with E-state index in [4.69, 9.17) is 0 Å². The molecule has 0 fully saturated rings. The standard InChI is InChI=1S/C25H20F2N6O/c1-16-24-21(18-4-8-20(27)9-5-18)10-12-28-25(24)33(30-16)15-23(34)29-22-11-13-32(31-22)14-17-2-6-19(26)7-3-17/h2-13H,14-15H2,1H3,(H,29,31,34). The summed E-state index contributed by atoms with van der Waals surface area (Å²) < 4.78 is 29.6. The Kier molecular flexibility index (Phi) is 5.59. The first-order valence-electron chi connectivity index (χ1n) is 10.6. The summed E-state index contributed by atoms with van der Waals surface area (Å²) in [5.74, 6) is -0.498. The van der Waals surface area contributed by atoms with Crippen molar-refractivity contribution in [2.45, 2.75) is 20.0 Å². The van der Waals surface area contributed by atoms with Crippen LogP contribution in [0.15, 0.2) is 73.1 Å². The molecule has 0 aliphatic heterocycles. The number of nitrogens with zero attached hydrogens (tertiary/aromatic N) is 5. The summed E-state index contributed by atoms with van der Waals surface area (Å²) in [5, 5.41) is 12.4. The fraction of sp³-hybridized carbons (Fsp3) is 0.120. The van der Waals surface area contributed by atoms with E-state index in [9.17, 15) is 13.6 Å². The summed E-state index contributed by atoms with van der Waals surface area (Å²) in [4.78, 5) is 17.1. The number of fused-ring (bicyclic) bond motifs is 1. The van der Waals surface area contributed by atoms with Gasteiger partial charge in [-0.15, -0.1) is 0 Å². The maximum Gasteiger partial charge on any atom is 0.247 e. The highest BCUT2D eigenvalue weighted by Gasteiger charge is 2.16. The first-order chi connectivity index (χ1) is 16.5. The smallest absolute Gasteiger partial charge is 0.247 e. The van der Waals surface area contributed by atoms with Crippen LogP contribution in [-0.2, 0) is 17.9 Å². The van der Waals surface area contributed by atoms with Crippen molar-refractivity contribution in [2.75, 3.05) is 5.32 Å². The van der Waals surface area contributed by atoms with Crippen LogP contribution in [0.5, 0.6) is 0 Å². The quantitative estimate of drug-likeness (QED) is 0.404. The molecule has 34 heavy (non-hydrogen) atoms. The fourth-order valence-corrected chi connectivity index (χ4v) is 3.87. The Balaban J connectivity index is 1.32. The molecule has 5 rings (SSSR count). The van der Waals surface area contributed by atoms with E-state index in [-0.39, 0.29) is 24.1 Å². The van der Waals surface area contributed by atoms with Crippen LogP contribution in [0.3, 0.4) is 0 Å². The van der Waals surface area contributed by atoms with Gasteiger partial charge in [-0.25, -0.2) is 18.4 Å². The van der Waals surface area contributed by atoms with E-state index in [1.807, 2.05) is 13.0 Å². The minimum Gasteiger partial charge on any atom is -0.308 e. The van der Waals surface area contributed by atoms with E-state index in [2.05, 4.69) is 20.5 Å². The molecule has 0 saturated heterocycles. The highest BCUT2D eigenvalue weighted by Crippen LogP contribution is 2.29. The molecule has 1 N–H and O–H groups in total. The van der Waals surface area contributed by atoms with Crippen molar-refractivity contribution >= 4 is 22.8 Å². The van der Waals surface area contributed by atoms with Crippen LogP contribution in [0.25, 0.3) is 22.2 Å². The summed E-state index contributed by atoms with van der Waals surface area (Å²) in [7, 11) is 0. The van der Waals surface area contributed by atoms with Gasteiger partial charge >= 0.3 is 0 Å². The third-order valence-electron chi connectivity index (χ3n) is 5.42. The molecule has 0 aliphatic carbocycles. The molecule has 7 nitrogen and oxygen atoms in total. The van der Waals surface area contributed by atoms with Crippen LogP contribution in [-0.4, -0.2) is 30.5 Å². The Morgan fingerprint density at radius 2 is 1.65 bits per heavy atom. The first kappa shape index (κ1) is 21.4. The lowest BCUT2D eigenvalue weighted by Gasteiger charge is -2.06. The zero-order chi connectivity index (χ0) is 23.7. The molecule has 3 heterocycles. The molecule has 0 bridgehead atoms. The Morgan fingerprint density at radius 1 is 0.941 bits per heavy atom. The first-order valence-corrected chi connectivity index (χ1v) is 10.6. The van der Waals surface area contributed by atoms with Crippen molar-refractivity contribution < 1.29 is 13.6 Å². The van der Waals surface area contributed by atoms with Gasteiger partial charge < -0.3 is 5.32 Å². The van der Waals surface area contributed by atoms with Gasteiger partial charge in [-0.05, 0) is 53.9 Å². The van der Waals surface area contributed by atoms with Crippen molar-refractivity contribution in [1.82, 2.24) is 24.5 Å². The normalized spacial score (nSPS) is 11.1. The Bertz CT molecular complexity index is 1470. The van der Waals surface area contributed by atoms with Crippen LogP contribution in [0.4, 0.5) is 14.6 Å². The van der Waals surface area contributed by atoms with Gasteiger partial charge in [-0.2, -0.15) is 10.2 Å². The molecule has 0 aliphatic rings. The highest BCUT2D eigenvalue weighted by molar-refractivity contribution is 5.96. The number of aryl methyl sites for hydroxylation is 1. The van der Waals surface area contributed by atoms with Gasteiger partial charge in [0.15, 0.2) is 11.5 Å². The minimum absolute atomic E-state index is 0.0466. The van der Waals surface area contributed by atoms with Gasteiger partial charge in [0.1, 0.15) is 18.2 Å². The van der Waals surface area contributed by atoms with Crippen LogP contribution in [0.2, 0.25) is 0 Å². The second-order valence-electron chi connectivity index (χ2n) is 7.88. The molecule has 2 aromatic carbocycles. The molecule has 0 radical (unpaired) electrons. The number of hydrogen-bond acceptors (Lipinski definition) is 4. The van der Waals surface area contributed by atoms with Crippen molar-refractivity contribution in [1.29, 1.82) is 0 Å². The van der Waals surface area contributed by atoms with Crippen LogP contribution >= 0.6 is 0 Å². The molecule has 9 heteroatoms. The minimum atomic E-state index is -0.307. The van der Waals surface area contributed by atoms with E-state index in [1.54, 1.807) is 52.1 Å². The van der Waals surface area contributed by atoms with E-state index in [1.165, 1.54) is 24.3 Å². The molecule has 0 unspecified atom stereocenters. The van der Waals surface area contributed by atoms with Crippen LogP contribution < -0.4 is 5.32 Å². The maximum absolute atomic E-state index is 13.4. The van der Waals surface area contributed by atoms with E-state index in [0.717, 1.165) is 27.8 Å². The number of aromatic nitrogens is 5. The average Bonchev–Trinajstić information content (AvgIpc) is 3.39. The van der Waals surface area contributed by atoms with Gasteiger partial charge in [-0.1, -0.05) is 24.3 Å². The molecule has 170 valence electrons. The third-order valence-corrected chi connectivity index (χ3v) is 5.42. The summed E-state index contributed by atoms with van der Waals surface area (Å²) in [6.07, 6.45) is 3.39. The number of halogens is 2. The number of anilines is 1. The second-order valence-corrected chi connectivity index (χ2v) is 7.88. The number of nitrogens with one attached hydrogen (secondary N) is 1. The largest absolute Gasteiger partial charge is 0.308 e. The molecule has 1 amide bonds. The molecule has 0 atom stereocenters. The van der Waals surface area contributed by atoms with Crippen LogP contribution in [0.1, 0.15) is 11.3 Å². The third kappa shape index (κ3) is 4.40. The van der Waals surface area contributed by atoms with Crippen molar-refractivity contribution in [3.63, 3.8) is 0 Å². The summed E-state index contributed by atoms with van der Waals surface area (Å²) in [6.45, 7) is 2.26. The highest BCUT2D eigenvalue weighted by atomic mass is 19.1. The Hall–Kier alpha value is -4.40. The number of rotatable bonds is 6. The topological polar surface area (TPSA) is 77.6 Å². The molecular formula is C25H20F2N6O. The van der Waals surface area contributed by atoms with Crippen molar-refractivity contribution in [2.24, 2.45) is 0 Å². The number of hydrogen-bond donors (Lipinski definition) is 1. The Labute approximate surface area is 193 Å².